The first kappa shape index (κ1) is 12.6. The summed E-state index contributed by atoms with van der Waals surface area (Å²) in [6.45, 7) is 7.78. The molecule has 1 aliphatic heterocycles. The molecule has 1 aromatic rings. The molecule has 2 heterocycles. The van der Waals surface area contributed by atoms with Crippen LogP contribution in [0.5, 0.6) is 0 Å². The van der Waals surface area contributed by atoms with E-state index in [9.17, 15) is 0 Å². The van der Waals surface area contributed by atoms with Gasteiger partial charge in [-0.3, -0.25) is 0 Å². The van der Waals surface area contributed by atoms with Gasteiger partial charge in [-0.1, -0.05) is 13.8 Å². The lowest BCUT2D eigenvalue weighted by Gasteiger charge is -2.28. The van der Waals surface area contributed by atoms with Crippen molar-refractivity contribution in [3.05, 3.63) is 17.7 Å². The van der Waals surface area contributed by atoms with Gasteiger partial charge in [-0.2, -0.15) is 0 Å². The predicted molar refractivity (Wildman–Crippen MR) is 69.9 cm³/mol. The van der Waals surface area contributed by atoms with Gasteiger partial charge in [-0.15, -0.1) is 0 Å². The number of H-pyrrole nitrogens is 1. The van der Waals surface area contributed by atoms with Gasteiger partial charge >= 0.3 is 0 Å². The predicted octanol–water partition coefficient (Wildman–Crippen LogP) is 1.40. The van der Waals surface area contributed by atoms with E-state index < -0.39 is 0 Å². The fourth-order valence-corrected chi connectivity index (χ4v) is 2.31. The van der Waals surface area contributed by atoms with E-state index in [1.54, 1.807) is 6.33 Å². The molecule has 1 aromatic heterocycles. The molecule has 1 atom stereocenters. The highest BCUT2D eigenvalue weighted by Crippen LogP contribution is 2.13. The summed E-state index contributed by atoms with van der Waals surface area (Å²) < 4.78 is 0. The number of rotatable bonds is 5. The summed E-state index contributed by atoms with van der Waals surface area (Å²) >= 11 is 0. The Morgan fingerprint density at radius 1 is 1.53 bits per heavy atom. The molecule has 4 nitrogen and oxygen atoms in total. The maximum Gasteiger partial charge on any atom is 0.0925 e. The summed E-state index contributed by atoms with van der Waals surface area (Å²) in [5.41, 5.74) is 2.50. The van der Waals surface area contributed by atoms with Crippen LogP contribution in [0.3, 0.4) is 0 Å². The number of hydrogen-bond acceptors (Lipinski definition) is 3. The normalized spacial score (nSPS) is 19.9. The van der Waals surface area contributed by atoms with E-state index >= 15 is 0 Å². The minimum atomic E-state index is 0.544. The smallest absolute Gasteiger partial charge is 0.0925 e. The zero-order chi connectivity index (χ0) is 12.3. The van der Waals surface area contributed by atoms with Crippen LogP contribution < -0.4 is 5.32 Å². The highest BCUT2D eigenvalue weighted by atomic mass is 15.1. The largest absolute Gasteiger partial charge is 0.347 e. The Labute approximate surface area is 104 Å². The third-order valence-electron chi connectivity index (χ3n) is 3.44. The van der Waals surface area contributed by atoms with Crippen molar-refractivity contribution in [3.63, 3.8) is 0 Å². The van der Waals surface area contributed by atoms with Crippen molar-refractivity contribution in [2.75, 3.05) is 20.1 Å². The van der Waals surface area contributed by atoms with Crippen LogP contribution in [0.2, 0.25) is 0 Å². The van der Waals surface area contributed by atoms with Crippen molar-refractivity contribution >= 4 is 0 Å². The molecule has 1 unspecified atom stereocenters. The van der Waals surface area contributed by atoms with E-state index in [1.807, 2.05) is 0 Å². The van der Waals surface area contributed by atoms with E-state index in [2.05, 4.69) is 41.1 Å². The summed E-state index contributed by atoms with van der Waals surface area (Å²) in [6.07, 6.45) is 4.12. The van der Waals surface area contributed by atoms with Gasteiger partial charge in [0.15, 0.2) is 0 Å². The molecule has 0 amide bonds. The first-order valence-corrected chi connectivity index (χ1v) is 6.58. The average molecular weight is 236 g/mol. The summed E-state index contributed by atoms with van der Waals surface area (Å²) in [4.78, 5) is 9.98. The molecule has 0 radical (unpaired) electrons. The molecule has 2 rings (SSSR count). The van der Waals surface area contributed by atoms with Crippen molar-refractivity contribution in [2.24, 2.45) is 5.92 Å². The molecule has 0 spiro atoms. The molecule has 96 valence electrons. The maximum absolute atomic E-state index is 4.37. The van der Waals surface area contributed by atoms with Crippen molar-refractivity contribution in [1.82, 2.24) is 20.2 Å². The van der Waals surface area contributed by atoms with Crippen molar-refractivity contribution in [1.29, 1.82) is 0 Å². The van der Waals surface area contributed by atoms with E-state index in [0.29, 0.717) is 6.04 Å². The van der Waals surface area contributed by atoms with Crippen molar-refractivity contribution < 1.29 is 0 Å². The summed E-state index contributed by atoms with van der Waals surface area (Å²) in [6, 6.07) is 0.544. The van der Waals surface area contributed by atoms with Crippen LogP contribution >= 0.6 is 0 Å². The molecule has 0 fully saturated rings. The molecule has 0 aliphatic carbocycles. The third-order valence-corrected chi connectivity index (χ3v) is 3.44. The van der Waals surface area contributed by atoms with Crippen LogP contribution in [0.1, 0.15) is 31.7 Å². The number of hydrogen-bond donors (Lipinski definition) is 2. The molecule has 4 heteroatoms. The number of aromatic amines is 1. The van der Waals surface area contributed by atoms with Crippen LogP contribution in [0.15, 0.2) is 6.33 Å². The lowest BCUT2D eigenvalue weighted by atomic mass is 10.0. The number of imidazole rings is 1. The zero-order valence-electron chi connectivity index (χ0n) is 11.2. The molecule has 2 N–H and O–H groups in total. The maximum atomic E-state index is 4.37. The van der Waals surface area contributed by atoms with Crippen LogP contribution in [-0.2, 0) is 13.0 Å². The second-order valence-electron chi connectivity index (χ2n) is 5.55. The van der Waals surface area contributed by atoms with E-state index in [1.165, 1.54) is 24.4 Å². The minimum absolute atomic E-state index is 0.544. The van der Waals surface area contributed by atoms with Gasteiger partial charge in [0.05, 0.1) is 17.7 Å². The first-order valence-electron chi connectivity index (χ1n) is 6.58. The minimum Gasteiger partial charge on any atom is -0.347 e. The Bertz CT molecular complexity index is 345. The molecular weight excluding hydrogens is 212 g/mol. The van der Waals surface area contributed by atoms with Gasteiger partial charge in [0.1, 0.15) is 0 Å². The van der Waals surface area contributed by atoms with Crippen LogP contribution in [-0.4, -0.2) is 41.0 Å². The standard InChI is InChI=1S/C13H24N4/c1-10(2)4-5-17(3)8-11-6-12-13(7-14-11)16-9-15-12/h9-11,14H,4-8H2,1-3H3,(H,15,16). The van der Waals surface area contributed by atoms with E-state index in [0.717, 1.165) is 25.4 Å². The lowest BCUT2D eigenvalue weighted by Crippen LogP contribution is -2.44. The van der Waals surface area contributed by atoms with Crippen LogP contribution in [0.4, 0.5) is 0 Å². The van der Waals surface area contributed by atoms with Crippen molar-refractivity contribution in [3.8, 4) is 0 Å². The second-order valence-corrected chi connectivity index (χ2v) is 5.55. The summed E-state index contributed by atoms with van der Waals surface area (Å²) in [7, 11) is 2.21. The number of fused-ring (bicyclic) bond motifs is 1. The topological polar surface area (TPSA) is 44.0 Å². The summed E-state index contributed by atoms with van der Waals surface area (Å²) in [5, 5.41) is 3.57. The Hall–Kier alpha value is -0.870. The monoisotopic (exact) mass is 236 g/mol. The van der Waals surface area contributed by atoms with Gasteiger partial charge in [0.2, 0.25) is 0 Å². The van der Waals surface area contributed by atoms with Gasteiger partial charge in [-0.25, -0.2) is 4.98 Å². The van der Waals surface area contributed by atoms with E-state index in [-0.39, 0.29) is 0 Å². The average Bonchev–Trinajstić information content (AvgIpc) is 2.73. The molecule has 17 heavy (non-hydrogen) atoms. The third kappa shape index (κ3) is 3.54. The Balaban J connectivity index is 1.77. The summed E-state index contributed by atoms with van der Waals surface area (Å²) in [5.74, 6) is 0.787. The fraction of sp³-hybridized carbons (Fsp3) is 0.769. The van der Waals surface area contributed by atoms with Crippen LogP contribution in [0.25, 0.3) is 0 Å². The zero-order valence-corrected chi connectivity index (χ0v) is 11.2. The van der Waals surface area contributed by atoms with Gasteiger partial charge < -0.3 is 15.2 Å². The highest BCUT2D eigenvalue weighted by Gasteiger charge is 2.20. The lowest BCUT2D eigenvalue weighted by molar-refractivity contribution is 0.265. The van der Waals surface area contributed by atoms with Crippen molar-refractivity contribution in [2.45, 2.75) is 39.3 Å². The van der Waals surface area contributed by atoms with Crippen LogP contribution in [0, 0.1) is 5.92 Å². The molecule has 0 aromatic carbocycles. The SMILES string of the molecule is CC(C)CCN(C)CC1Cc2nc[nH]c2CN1. The molecule has 0 saturated carbocycles. The second kappa shape index (κ2) is 5.65. The number of nitrogens with one attached hydrogen (secondary N) is 2. The van der Waals surface area contributed by atoms with E-state index in [4.69, 9.17) is 0 Å². The van der Waals surface area contributed by atoms with Gasteiger partial charge in [-0.05, 0) is 25.9 Å². The highest BCUT2D eigenvalue weighted by molar-refractivity contribution is 5.15. The molecule has 0 bridgehead atoms. The fourth-order valence-electron chi connectivity index (χ4n) is 2.31. The number of nitrogens with zero attached hydrogens (tertiary/aromatic N) is 2. The quantitative estimate of drug-likeness (QED) is 0.812. The molecular formula is C13H24N4. The number of aromatic nitrogens is 2. The van der Waals surface area contributed by atoms with Gasteiger partial charge in [0.25, 0.3) is 0 Å². The molecule has 0 saturated heterocycles. The molecule has 1 aliphatic rings. The van der Waals surface area contributed by atoms with Gasteiger partial charge in [0, 0.05) is 25.6 Å². The first-order chi connectivity index (χ1) is 8.15. The Morgan fingerprint density at radius 3 is 3.12 bits per heavy atom. The number of likely N-dealkylation sites (N-methyl/N-ethyl adjacent to an activating group) is 1. The Kier molecular flexibility index (Phi) is 4.18. The Morgan fingerprint density at radius 2 is 2.35 bits per heavy atom.